The molecule has 0 N–H and O–H groups in total. The molecular weight excluding hydrogens is 1630 g/mol. The van der Waals surface area contributed by atoms with Crippen molar-refractivity contribution in [1.29, 1.82) is 0 Å². The van der Waals surface area contributed by atoms with E-state index in [-0.39, 0.29) is 83.0 Å². The highest BCUT2D eigenvalue weighted by molar-refractivity contribution is 5.72. The van der Waals surface area contributed by atoms with Crippen LogP contribution in [0.3, 0.4) is 0 Å². The summed E-state index contributed by atoms with van der Waals surface area (Å²) < 4.78 is 90.7. The van der Waals surface area contributed by atoms with Gasteiger partial charge in [0.05, 0.1) is 72.7 Å². The van der Waals surface area contributed by atoms with Crippen LogP contribution in [0, 0.1) is 0 Å². The Morgan fingerprint density at radius 1 is 0.260 bits per heavy atom. The second-order valence-electron chi connectivity index (χ2n) is 44.8. The lowest BCUT2D eigenvalue weighted by molar-refractivity contribution is -0.145. The van der Waals surface area contributed by atoms with E-state index in [0.29, 0.717) is 130 Å². The summed E-state index contributed by atoms with van der Waals surface area (Å²) in [6, 6.07) is 48.2. The number of ether oxygens (including phenoxy) is 13. The fraction of sp³-hybridized carbons (Fsp3) is 0.530. The molecule has 14 nitrogen and oxygen atoms in total. The van der Waals surface area contributed by atoms with Crippen molar-refractivity contribution in [3.8, 4) is 46.0 Å². The van der Waals surface area contributed by atoms with Crippen LogP contribution in [-0.2, 0) is 130 Å². The third-order valence-electron chi connectivity index (χ3n) is 25.3. The minimum Gasteiger partial charge on any atom is -0.493 e. The van der Waals surface area contributed by atoms with E-state index in [1.165, 1.54) is 27.8 Å². The summed E-state index contributed by atoms with van der Waals surface area (Å²) in [4.78, 5) is 13.8. The SMILES string of the molecule is CCCOc1c2cc(C(C)(C)C)cc1Cc1cc(C(C)(C)C)cc3c1OCCOCCOCCOc1c4cc(C(C)(C)C)cc1Cc1cc(C(C)(C)C)cc(c1OCc1ccccc1)Cc1cc(C(C)(C)C)cc(c1OCC(=O)OCC)Cc1cc(C(C)(C)C)cc(c1OCCOCCOCCOc1c(cc(C(C)(C)C)cc1Cc1cc(C(C)(C)C)cc(c1OCCC)C3)C2)C4. The van der Waals surface area contributed by atoms with Gasteiger partial charge in [-0.15, -0.1) is 0 Å². The minimum absolute atomic E-state index is 0.222. The first-order chi connectivity index (χ1) is 61.7. The first kappa shape index (κ1) is 101. The van der Waals surface area contributed by atoms with Gasteiger partial charge in [-0.1, -0.05) is 307 Å². The molecule has 2 aliphatic heterocycles. The molecule has 13 rings (SSSR count). The van der Waals surface area contributed by atoms with Crippen LogP contribution in [-0.4, -0.2) is 112 Å². The Morgan fingerprint density at radius 3 is 0.679 bits per heavy atom. The highest BCUT2D eigenvalue weighted by Crippen LogP contribution is 2.49. The number of hydrogen-bond donors (Lipinski definition) is 0. The maximum Gasteiger partial charge on any atom is 0.344 e. The van der Waals surface area contributed by atoms with E-state index >= 15 is 0 Å². The third kappa shape index (κ3) is 26.4. The predicted molar refractivity (Wildman–Crippen MR) is 533 cm³/mol. The fourth-order valence-corrected chi connectivity index (χ4v) is 17.7. The molecule has 0 spiro atoms. The fourth-order valence-electron chi connectivity index (χ4n) is 17.7. The van der Waals surface area contributed by atoms with Gasteiger partial charge in [0.2, 0.25) is 0 Å². The Hall–Kier alpha value is -9.31. The van der Waals surface area contributed by atoms with Crippen LogP contribution < -0.4 is 37.9 Å². The highest BCUT2D eigenvalue weighted by Gasteiger charge is 2.35. The number of carbonyl (C=O) groups is 1. The lowest BCUT2D eigenvalue weighted by atomic mass is 9.79. The van der Waals surface area contributed by atoms with E-state index < -0.39 is 5.97 Å². The molecule has 14 heteroatoms. The Kier molecular flexibility index (Phi) is 32.7. The van der Waals surface area contributed by atoms with Crippen molar-refractivity contribution in [3.05, 3.63) is 266 Å². The van der Waals surface area contributed by atoms with Crippen molar-refractivity contribution in [1.82, 2.24) is 0 Å². The standard InChI is InChI=1S/C117H156O14/c1-28-36-124-102-77-50-81-62-95(112(10,11)12)63-82-51-78-59-94(111(7,8)9)61-80(103(78)125-37-29-2)53-84-65-96(113(13,14)15)64-83(52-79(102)60-93(58-77)110(4,5)6)105(84)127-47-43-120-39-41-122-45-49-129-107-86-54-85-66-97(114(16,17)18)68-87(106(85)128-48-44-121-40-38-119-42-46-126-104(81)82)55-89-70-99(116(22,23)24)71-90(108(89)130-74-76-34-32-31-33-35-76)57-92-73-100(117(25,26)27)72-91(109(92)131-75-101(118)123-30-3)56-88(107)69-98(67-86)115(19,20)21/h31-35,58-73H,28-30,36-57,74-75H2,1-27H3. The van der Waals surface area contributed by atoms with E-state index in [1.54, 1.807) is 0 Å². The van der Waals surface area contributed by atoms with E-state index in [1.807, 2.05) is 13.0 Å². The Balaban J connectivity index is 1.02. The lowest BCUT2D eigenvalue weighted by Gasteiger charge is -2.29. The molecule has 0 saturated heterocycles. The molecule has 20 bridgehead atoms. The van der Waals surface area contributed by atoms with Crippen LogP contribution in [0.4, 0.5) is 0 Å². The summed E-state index contributed by atoms with van der Waals surface area (Å²) in [5.74, 6) is 6.01. The van der Waals surface area contributed by atoms with Crippen LogP contribution in [0.15, 0.2) is 127 Å². The van der Waals surface area contributed by atoms with Gasteiger partial charge in [-0.25, -0.2) is 4.79 Å². The highest BCUT2D eigenvalue weighted by atomic mass is 16.6. The molecule has 0 amide bonds. The quantitative estimate of drug-likeness (QED) is 0.0799. The van der Waals surface area contributed by atoms with Crippen molar-refractivity contribution >= 4 is 5.97 Å². The van der Waals surface area contributed by atoms with Gasteiger partial charge >= 0.3 is 5.97 Å². The number of fused-ring (bicyclic) bond motifs is 22. The van der Waals surface area contributed by atoms with Gasteiger partial charge in [0.25, 0.3) is 0 Å². The van der Waals surface area contributed by atoms with Gasteiger partial charge in [0.15, 0.2) is 6.61 Å². The summed E-state index contributed by atoms with van der Waals surface area (Å²) in [5.41, 5.74) is 25.1. The molecule has 4 aliphatic rings. The molecular formula is C117H156O14. The summed E-state index contributed by atoms with van der Waals surface area (Å²) in [5, 5.41) is 0. The summed E-state index contributed by atoms with van der Waals surface area (Å²) in [6.45, 7) is 66.2. The van der Waals surface area contributed by atoms with Gasteiger partial charge in [-0.2, -0.15) is 0 Å². The molecule has 2 heterocycles. The molecule has 708 valence electrons. The Morgan fingerprint density at radius 2 is 0.458 bits per heavy atom. The molecule has 0 radical (unpaired) electrons. The molecule has 9 aromatic rings. The van der Waals surface area contributed by atoms with E-state index in [9.17, 15) is 4.79 Å². The normalized spacial score (nSPS) is 15.4. The Bertz CT molecular complexity index is 5160. The molecule has 0 fully saturated rings. The van der Waals surface area contributed by atoms with E-state index in [2.05, 4.69) is 301 Å². The summed E-state index contributed by atoms with van der Waals surface area (Å²) in [7, 11) is 0. The second kappa shape index (κ2) is 42.5. The number of benzene rings is 9. The zero-order valence-electron chi connectivity index (χ0n) is 84.9. The number of hydrogen-bond acceptors (Lipinski definition) is 14. The van der Waals surface area contributed by atoms with Crippen molar-refractivity contribution in [2.75, 3.05) is 106 Å². The first-order valence-electron chi connectivity index (χ1n) is 48.6. The molecule has 0 atom stereocenters. The number of carbonyl (C=O) groups excluding carboxylic acids is 1. The van der Waals surface area contributed by atoms with Crippen molar-refractivity contribution in [2.45, 2.75) is 301 Å². The molecule has 2 aliphatic carbocycles. The smallest absolute Gasteiger partial charge is 0.344 e. The van der Waals surface area contributed by atoms with Gasteiger partial charge in [0.1, 0.15) is 79.0 Å². The average Bonchev–Trinajstić information content (AvgIpc) is 0.761. The lowest BCUT2D eigenvalue weighted by Crippen LogP contribution is -2.20. The zero-order chi connectivity index (χ0) is 94.8. The monoisotopic (exact) mass is 1790 g/mol. The first-order valence-corrected chi connectivity index (χ1v) is 48.6. The maximum absolute atomic E-state index is 13.8. The van der Waals surface area contributed by atoms with Crippen LogP contribution in [0.1, 0.15) is 339 Å². The van der Waals surface area contributed by atoms with E-state index in [4.69, 9.17) is 61.6 Å². The molecule has 131 heavy (non-hydrogen) atoms. The van der Waals surface area contributed by atoms with Gasteiger partial charge < -0.3 is 61.6 Å². The summed E-state index contributed by atoms with van der Waals surface area (Å²) >= 11 is 0. The van der Waals surface area contributed by atoms with Crippen molar-refractivity contribution in [2.24, 2.45) is 0 Å². The van der Waals surface area contributed by atoms with Gasteiger partial charge in [-0.05, 0) is 202 Å². The topological polar surface area (TPSA) is 137 Å². The third-order valence-corrected chi connectivity index (χ3v) is 25.3. The summed E-state index contributed by atoms with van der Waals surface area (Å²) in [6.07, 6.45) is 5.58. The molecule has 0 aromatic heterocycles. The van der Waals surface area contributed by atoms with Crippen LogP contribution in [0.25, 0.3) is 0 Å². The Labute approximate surface area is 786 Å². The van der Waals surface area contributed by atoms with Crippen LogP contribution >= 0.6 is 0 Å². The molecule has 0 saturated carbocycles. The van der Waals surface area contributed by atoms with Crippen molar-refractivity contribution < 1.29 is 66.4 Å². The van der Waals surface area contributed by atoms with Crippen LogP contribution in [0.2, 0.25) is 0 Å². The number of rotatable bonds is 13. The van der Waals surface area contributed by atoms with Gasteiger partial charge in [0, 0.05) is 51.4 Å². The predicted octanol–water partition coefficient (Wildman–Crippen LogP) is 25.8. The zero-order valence-corrected chi connectivity index (χ0v) is 84.9. The average molecular weight is 1790 g/mol. The van der Waals surface area contributed by atoms with E-state index in [0.717, 1.165) is 164 Å². The minimum atomic E-state index is -0.444. The second-order valence-corrected chi connectivity index (χ2v) is 44.8. The molecule has 9 aromatic carbocycles. The maximum atomic E-state index is 13.8. The van der Waals surface area contributed by atoms with Crippen molar-refractivity contribution in [3.63, 3.8) is 0 Å². The van der Waals surface area contributed by atoms with Gasteiger partial charge in [-0.3, -0.25) is 0 Å². The van der Waals surface area contributed by atoms with Crippen LogP contribution in [0.5, 0.6) is 46.0 Å². The number of esters is 1. The molecule has 0 unspecified atom stereocenters. The largest absolute Gasteiger partial charge is 0.493 e.